The number of methoxy groups -OCH3 is 1. The van der Waals surface area contributed by atoms with Crippen molar-refractivity contribution in [1.82, 2.24) is 0 Å². The van der Waals surface area contributed by atoms with Gasteiger partial charge in [-0.15, -0.1) is 0 Å². The molecule has 106 valence electrons. The van der Waals surface area contributed by atoms with E-state index in [9.17, 15) is 5.11 Å². The van der Waals surface area contributed by atoms with Gasteiger partial charge in [0.05, 0.1) is 6.61 Å². The van der Waals surface area contributed by atoms with Gasteiger partial charge in [-0.3, -0.25) is 0 Å². The summed E-state index contributed by atoms with van der Waals surface area (Å²) in [6.07, 6.45) is 0. The third-order valence-corrected chi connectivity index (χ3v) is 3.89. The van der Waals surface area contributed by atoms with Crippen LogP contribution in [0.1, 0.15) is 27.8 Å². The second kappa shape index (κ2) is 5.78. The van der Waals surface area contributed by atoms with Crippen molar-refractivity contribution in [2.24, 2.45) is 0 Å². The normalized spacial score (nSPS) is 14.1. The monoisotopic (exact) mass is 270 g/mol. The predicted octanol–water partition coefficient (Wildman–Crippen LogP) is 3.49. The lowest BCUT2D eigenvalue weighted by molar-refractivity contribution is -0.00375. The first-order valence-corrected chi connectivity index (χ1v) is 6.84. The average Bonchev–Trinajstić information content (AvgIpc) is 2.44. The van der Waals surface area contributed by atoms with E-state index in [1.54, 1.807) is 7.11 Å². The zero-order valence-electron chi connectivity index (χ0n) is 12.6. The molecule has 20 heavy (non-hydrogen) atoms. The zero-order valence-corrected chi connectivity index (χ0v) is 12.6. The molecule has 0 bridgehead atoms. The van der Waals surface area contributed by atoms with E-state index in [0.717, 1.165) is 16.7 Å². The Bertz CT molecular complexity index is 590. The maximum atomic E-state index is 11.2. The lowest BCUT2D eigenvalue weighted by Gasteiger charge is -2.30. The molecule has 2 heteroatoms. The van der Waals surface area contributed by atoms with Crippen LogP contribution in [0.5, 0.6) is 0 Å². The van der Waals surface area contributed by atoms with Crippen LogP contribution >= 0.6 is 0 Å². The van der Waals surface area contributed by atoms with Crippen molar-refractivity contribution in [2.75, 3.05) is 13.7 Å². The van der Waals surface area contributed by atoms with E-state index < -0.39 is 5.60 Å². The minimum atomic E-state index is -1.11. The second-order valence-corrected chi connectivity index (χ2v) is 5.41. The lowest BCUT2D eigenvalue weighted by atomic mass is 9.83. The van der Waals surface area contributed by atoms with Gasteiger partial charge >= 0.3 is 0 Å². The summed E-state index contributed by atoms with van der Waals surface area (Å²) in [5.41, 5.74) is 4.15. The zero-order chi connectivity index (χ0) is 14.8. The van der Waals surface area contributed by atoms with E-state index in [2.05, 4.69) is 26.0 Å². The van der Waals surface area contributed by atoms with Gasteiger partial charge in [0.1, 0.15) is 5.60 Å². The number of benzene rings is 2. The highest BCUT2D eigenvalue weighted by Gasteiger charge is 2.33. The van der Waals surface area contributed by atoms with Crippen LogP contribution in [0.4, 0.5) is 0 Å². The first kappa shape index (κ1) is 14.8. The number of hydrogen-bond acceptors (Lipinski definition) is 2. The summed E-state index contributed by atoms with van der Waals surface area (Å²) < 4.78 is 5.29. The molecule has 1 unspecified atom stereocenters. The molecular weight excluding hydrogens is 248 g/mol. The standard InChI is InChI=1S/C18H22O2/c1-13-10-15(3)17(11-14(13)2)18(19,12-20-4)16-8-6-5-7-9-16/h5-11,19H,12H2,1-4H3. The van der Waals surface area contributed by atoms with Crippen molar-refractivity contribution < 1.29 is 9.84 Å². The van der Waals surface area contributed by atoms with Gasteiger partial charge in [-0.05, 0) is 48.6 Å². The lowest BCUT2D eigenvalue weighted by Crippen LogP contribution is -2.33. The van der Waals surface area contributed by atoms with Crippen LogP contribution in [0.15, 0.2) is 42.5 Å². The highest BCUT2D eigenvalue weighted by molar-refractivity contribution is 5.45. The number of aryl methyl sites for hydroxylation is 3. The van der Waals surface area contributed by atoms with E-state index in [-0.39, 0.29) is 6.61 Å². The molecule has 1 N–H and O–H groups in total. The molecule has 0 aromatic heterocycles. The maximum absolute atomic E-state index is 11.2. The van der Waals surface area contributed by atoms with Gasteiger partial charge in [0, 0.05) is 7.11 Å². The third kappa shape index (κ3) is 2.62. The van der Waals surface area contributed by atoms with Gasteiger partial charge in [-0.2, -0.15) is 0 Å². The fraction of sp³-hybridized carbons (Fsp3) is 0.333. The van der Waals surface area contributed by atoms with E-state index in [1.165, 1.54) is 11.1 Å². The number of rotatable bonds is 4. The minimum Gasteiger partial charge on any atom is -0.381 e. The summed E-state index contributed by atoms with van der Waals surface area (Å²) in [5, 5.41) is 11.2. The summed E-state index contributed by atoms with van der Waals surface area (Å²) in [6.45, 7) is 6.42. The molecule has 1 atom stereocenters. The van der Waals surface area contributed by atoms with E-state index in [4.69, 9.17) is 4.74 Å². The van der Waals surface area contributed by atoms with Crippen LogP contribution in [0.3, 0.4) is 0 Å². The van der Waals surface area contributed by atoms with Gasteiger partial charge in [0.2, 0.25) is 0 Å². The third-order valence-electron chi connectivity index (χ3n) is 3.89. The molecular formula is C18H22O2. The molecule has 0 amide bonds. The highest BCUT2D eigenvalue weighted by Crippen LogP contribution is 2.33. The molecule has 0 aliphatic rings. The Morgan fingerprint density at radius 3 is 2.15 bits per heavy atom. The van der Waals surface area contributed by atoms with Crippen LogP contribution in [-0.2, 0) is 10.3 Å². The van der Waals surface area contributed by atoms with Crippen LogP contribution in [-0.4, -0.2) is 18.8 Å². The molecule has 2 nitrogen and oxygen atoms in total. The van der Waals surface area contributed by atoms with Crippen molar-refractivity contribution in [3.05, 3.63) is 70.3 Å². The molecule has 2 aromatic rings. The van der Waals surface area contributed by atoms with Gasteiger partial charge < -0.3 is 9.84 Å². The molecule has 2 aromatic carbocycles. The molecule has 0 heterocycles. The van der Waals surface area contributed by atoms with Crippen LogP contribution in [0.25, 0.3) is 0 Å². The molecule has 0 saturated heterocycles. The van der Waals surface area contributed by atoms with Crippen molar-refractivity contribution >= 4 is 0 Å². The van der Waals surface area contributed by atoms with Crippen LogP contribution in [0, 0.1) is 20.8 Å². The fourth-order valence-electron chi connectivity index (χ4n) is 2.65. The van der Waals surface area contributed by atoms with Crippen molar-refractivity contribution in [3.8, 4) is 0 Å². The van der Waals surface area contributed by atoms with Gasteiger partial charge in [0.25, 0.3) is 0 Å². The van der Waals surface area contributed by atoms with Gasteiger partial charge in [0.15, 0.2) is 0 Å². The van der Waals surface area contributed by atoms with E-state index in [1.807, 2.05) is 37.3 Å². The molecule has 0 aliphatic carbocycles. The second-order valence-electron chi connectivity index (χ2n) is 5.41. The van der Waals surface area contributed by atoms with Crippen molar-refractivity contribution in [1.29, 1.82) is 0 Å². The summed E-state index contributed by atoms with van der Waals surface area (Å²) in [6, 6.07) is 13.9. The summed E-state index contributed by atoms with van der Waals surface area (Å²) in [7, 11) is 1.62. The van der Waals surface area contributed by atoms with Gasteiger partial charge in [-0.1, -0.05) is 42.5 Å². The van der Waals surface area contributed by atoms with Gasteiger partial charge in [-0.25, -0.2) is 0 Å². The topological polar surface area (TPSA) is 29.5 Å². The Morgan fingerprint density at radius 2 is 1.55 bits per heavy atom. The number of hydrogen-bond donors (Lipinski definition) is 1. The quantitative estimate of drug-likeness (QED) is 0.921. The summed E-state index contributed by atoms with van der Waals surface area (Å²) in [4.78, 5) is 0. The van der Waals surface area contributed by atoms with E-state index in [0.29, 0.717) is 0 Å². The van der Waals surface area contributed by atoms with E-state index >= 15 is 0 Å². The van der Waals surface area contributed by atoms with Crippen molar-refractivity contribution in [2.45, 2.75) is 26.4 Å². The summed E-state index contributed by atoms with van der Waals surface area (Å²) >= 11 is 0. The SMILES string of the molecule is COCC(O)(c1ccccc1)c1cc(C)c(C)cc1C. The Morgan fingerprint density at radius 1 is 0.950 bits per heavy atom. The molecule has 0 fully saturated rings. The Labute approximate surface area is 121 Å². The Kier molecular flexibility index (Phi) is 4.26. The van der Waals surface area contributed by atoms with Crippen molar-refractivity contribution in [3.63, 3.8) is 0 Å². The number of aliphatic hydroxyl groups is 1. The first-order valence-electron chi connectivity index (χ1n) is 6.84. The predicted molar refractivity (Wildman–Crippen MR) is 82.0 cm³/mol. The first-order chi connectivity index (χ1) is 9.49. The molecule has 0 saturated carbocycles. The van der Waals surface area contributed by atoms with Crippen LogP contribution in [0.2, 0.25) is 0 Å². The fourth-order valence-corrected chi connectivity index (χ4v) is 2.65. The number of ether oxygens (including phenoxy) is 1. The molecule has 0 spiro atoms. The molecule has 2 rings (SSSR count). The highest BCUT2D eigenvalue weighted by atomic mass is 16.5. The molecule has 0 radical (unpaired) electrons. The Hall–Kier alpha value is -1.64. The summed E-state index contributed by atoms with van der Waals surface area (Å²) in [5.74, 6) is 0. The smallest absolute Gasteiger partial charge is 0.138 e. The average molecular weight is 270 g/mol. The van der Waals surface area contributed by atoms with Crippen LogP contribution < -0.4 is 0 Å². The maximum Gasteiger partial charge on any atom is 0.138 e. The Balaban J connectivity index is 2.62. The molecule has 0 aliphatic heterocycles. The minimum absolute atomic E-state index is 0.236. The largest absolute Gasteiger partial charge is 0.381 e.